The highest BCUT2D eigenvalue weighted by Crippen LogP contribution is 2.42. The maximum absolute atomic E-state index is 11.0. The molecule has 0 saturated heterocycles. The van der Waals surface area contributed by atoms with Crippen LogP contribution in [0.25, 0.3) is 0 Å². The van der Waals surface area contributed by atoms with Crippen LogP contribution in [0.1, 0.15) is 33.6 Å². The zero-order valence-electron chi connectivity index (χ0n) is 12.7. The van der Waals surface area contributed by atoms with Crippen molar-refractivity contribution >= 4 is 17.1 Å². The molecule has 0 amide bonds. The Hall–Kier alpha value is -1.82. The minimum absolute atomic E-state index is 0.0660. The van der Waals surface area contributed by atoms with Gasteiger partial charge in [-0.15, -0.1) is 0 Å². The average molecular weight is 293 g/mol. The van der Waals surface area contributed by atoms with Crippen LogP contribution in [0.2, 0.25) is 0 Å². The Kier molecular flexibility index (Phi) is 4.37. The van der Waals surface area contributed by atoms with Gasteiger partial charge in [-0.05, 0) is 18.9 Å². The van der Waals surface area contributed by atoms with Crippen molar-refractivity contribution < 1.29 is 10.0 Å². The van der Waals surface area contributed by atoms with Crippen LogP contribution in [-0.4, -0.2) is 28.7 Å². The van der Waals surface area contributed by atoms with Gasteiger partial charge in [0.15, 0.2) is 0 Å². The van der Waals surface area contributed by atoms with Crippen molar-refractivity contribution in [3.8, 4) is 0 Å². The molecule has 6 heteroatoms. The van der Waals surface area contributed by atoms with Crippen LogP contribution in [0.15, 0.2) is 18.2 Å². The van der Waals surface area contributed by atoms with Gasteiger partial charge >= 0.3 is 0 Å². The van der Waals surface area contributed by atoms with Crippen molar-refractivity contribution in [1.82, 2.24) is 0 Å². The van der Waals surface area contributed by atoms with Gasteiger partial charge in [-0.1, -0.05) is 20.8 Å². The Morgan fingerprint density at radius 1 is 1.38 bits per heavy atom. The summed E-state index contributed by atoms with van der Waals surface area (Å²) in [6.07, 6.45) is 1.28. The molecule has 0 heterocycles. The van der Waals surface area contributed by atoms with Gasteiger partial charge in [0.25, 0.3) is 5.69 Å². The van der Waals surface area contributed by atoms with E-state index >= 15 is 0 Å². The quantitative estimate of drug-likeness (QED) is 0.554. The largest absolute Gasteiger partial charge is 0.392 e. The summed E-state index contributed by atoms with van der Waals surface area (Å²) in [5.74, 6) is 0. The van der Waals surface area contributed by atoms with Crippen molar-refractivity contribution in [1.29, 1.82) is 0 Å². The van der Waals surface area contributed by atoms with Gasteiger partial charge in [0.2, 0.25) is 0 Å². The minimum Gasteiger partial charge on any atom is -0.392 e. The standard InChI is InChI=1S/C15H23N3O3/c1-4-5-16-10-6-11(8-12(7-10)18(20)21)17-13-9-14(19)15(13,2)3/h6-8,13-14,16-17,19H,4-5,9H2,1-3H3. The number of nitro benzene ring substituents is 1. The minimum atomic E-state index is -0.386. The molecule has 0 spiro atoms. The molecule has 6 nitrogen and oxygen atoms in total. The lowest BCUT2D eigenvalue weighted by molar-refractivity contribution is -0.384. The third kappa shape index (κ3) is 3.26. The first-order chi connectivity index (χ1) is 9.84. The second-order valence-corrected chi connectivity index (χ2v) is 6.22. The summed E-state index contributed by atoms with van der Waals surface area (Å²) in [5, 5.41) is 27.3. The number of aliphatic hydroxyl groups is 1. The van der Waals surface area contributed by atoms with E-state index in [0.717, 1.165) is 18.7 Å². The molecule has 1 aromatic carbocycles. The van der Waals surface area contributed by atoms with E-state index in [0.29, 0.717) is 12.1 Å². The number of hydrogen-bond donors (Lipinski definition) is 3. The summed E-state index contributed by atoms with van der Waals surface area (Å²) in [7, 11) is 0. The van der Waals surface area contributed by atoms with Crippen LogP contribution in [-0.2, 0) is 0 Å². The maximum Gasteiger partial charge on any atom is 0.273 e. The number of rotatable bonds is 6. The van der Waals surface area contributed by atoms with Crippen molar-refractivity contribution in [2.24, 2.45) is 5.41 Å². The highest BCUT2D eigenvalue weighted by molar-refractivity contribution is 5.64. The zero-order valence-corrected chi connectivity index (χ0v) is 12.7. The Bertz CT molecular complexity index is 531. The average Bonchev–Trinajstić information content (AvgIpc) is 2.44. The molecule has 21 heavy (non-hydrogen) atoms. The number of aliphatic hydroxyl groups excluding tert-OH is 1. The molecule has 0 aliphatic heterocycles. The summed E-state index contributed by atoms with van der Waals surface area (Å²) in [6.45, 7) is 6.80. The first-order valence-electron chi connectivity index (χ1n) is 7.32. The van der Waals surface area contributed by atoms with Crippen molar-refractivity contribution in [2.75, 3.05) is 17.2 Å². The van der Waals surface area contributed by atoms with Gasteiger partial charge in [-0.25, -0.2) is 0 Å². The summed E-state index contributed by atoms with van der Waals surface area (Å²) in [4.78, 5) is 10.7. The molecule has 2 unspecified atom stereocenters. The van der Waals surface area contributed by atoms with Gasteiger partial charge in [0.1, 0.15) is 0 Å². The highest BCUT2D eigenvalue weighted by atomic mass is 16.6. The molecular formula is C15H23N3O3. The predicted octanol–water partition coefficient (Wildman–Crippen LogP) is 2.99. The molecule has 0 aromatic heterocycles. The summed E-state index contributed by atoms with van der Waals surface area (Å²) in [5.41, 5.74) is 1.30. The first kappa shape index (κ1) is 15.6. The van der Waals surface area contributed by atoms with Gasteiger partial charge in [0, 0.05) is 41.5 Å². The molecule has 3 N–H and O–H groups in total. The van der Waals surface area contributed by atoms with Gasteiger partial charge < -0.3 is 15.7 Å². The predicted molar refractivity (Wildman–Crippen MR) is 83.7 cm³/mol. The topological polar surface area (TPSA) is 87.4 Å². The lowest BCUT2D eigenvalue weighted by atomic mass is 9.64. The van der Waals surface area contributed by atoms with Gasteiger partial charge in [-0.2, -0.15) is 0 Å². The lowest BCUT2D eigenvalue weighted by Crippen LogP contribution is -2.56. The van der Waals surface area contributed by atoms with E-state index in [1.165, 1.54) is 6.07 Å². The number of nitrogens with zero attached hydrogens (tertiary/aromatic N) is 1. The SMILES string of the molecule is CCCNc1cc(NC2CC(O)C2(C)C)cc([N+](=O)[O-])c1. The second kappa shape index (κ2) is 5.89. The van der Waals surface area contributed by atoms with Crippen LogP contribution in [0.5, 0.6) is 0 Å². The van der Waals surface area contributed by atoms with Crippen molar-refractivity contribution in [3.63, 3.8) is 0 Å². The van der Waals surface area contributed by atoms with Gasteiger partial charge in [0.05, 0.1) is 11.0 Å². The molecule has 0 bridgehead atoms. The fourth-order valence-corrected chi connectivity index (χ4v) is 2.52. The Morgan fingerprint density at radius 3 is 2.57 bits per heavy atom. The zero-order chi connectivity index (χ0) is 15.6. The van der Waals surface area contributed by atoms with E-state index in [2.05, 4.69) is 10.6 Å². The normalized spacial score (nSPS) is 23.2. The molecule has 1 fully saturated rings. The van der Waals surface area contributed by atoms with E-state index in [1.54, 1.807) is 6.07 Å². The molecule has 1 aliphatic carbocycles. The maximum atomic E-state index is 11.0. The molecule has 2 rings (SSSR count). The number of non-ortho nitro benzene ring substituents is 1. The Morgan fingerprint density at radius 2 is 2.05 bits per heavy atom. The molecule has 1 aromatic rings. The molecular weight excluding hydrogens is 270 g/mol. The fraction of sp³-hybridized carbons (Fsp3) is 0.600. The lowest BCUT2D eigenvalue weighted by Gasteiger charge is -2.49. The number of hydrogen-bond acceptors (Lipinski definition) is 5. The van der Waals surface area contributed by atoms with E-state index < -0.39 is 0 Å². The van der Waals surface area contributed by atoms with Crippen LogP contribution >= 0.6 is 0 Å². The van der Waals surface area contributed by atoms with Crippen LogP contribution < -0.4 is 10.6 Å². The summed E-state index contributed by atoms with van der Waals surface area (Å²) in [6, 6.07) is 5.08. The molecule has 1 aliphatic rings. The summed E-state index contributed by atoms with van der Waals surface area (Å²) >= 11 is 0. The van der Waals surface area contributed by atoms with Crippen LogP contribution in [0.3, 0.4) is 0 Å². The molecule has 1 saturated carbocycles. The fourth-order valence-electron chi connectivity index (χ4n) is 2.52. The third-order valence-corrected chi connectivity index (χ3v) is 4.26. The molecule has 2 atom stereocenters. The van der Waals surface area contributed by atoms with Crippen LogP contribution in [0, 0.1) is 15.5 Å². The summed E-state index contributed by atoms with van der Waals surface area (Å²) < 4.78 is 0. The molecule has 0 radical (unpaired) electrons. The monoisotopic (exact) mass is 293 g/mol. The third-order valence-electron chi connectivity index (χ3n) is 4.26. The number of anilines is 2. The highest BCUT2D eigenvalue weighted by Gasteiger charge is 2.47. The Labute approximate surface area is 124 Å². The van der Waals surface area contributed by atoms with Gasteiger partial charge in [-0.3, -0.25) is 10.1 Å². The van der Waals surface area contributed by atoms with Crippen LogP contribution in [0.4, 0.5) is 17.1 Å². The van der Waals surface area contributed by atoms with Crippen molar-refractivity contribution in [3.05, 3.63) is 28.3 Å². The Balaban J connectivity index is 2.18. The van der Waals surface area contributed by atoms with E-state index in [1.807, 2.05) is 26.8 Å². The number of nitro groups is 1. The molecule has 116 valence electrons. The smallest absolute Gasteiger partial charge is 0.273 e. The first-order valence-corrected chi connectivity index (χ1v) is 7.32. The second-order valence-electron chi connectivity index (χ2n) is 6.22. The number of nitrogens with one attached hydrogen (secondary N) is 2. The van der Waals surface area contributed by atoms with E-state index in [9.17, 15) is 15.2 Å². The number of benzene rings is 1. The van der Waals surface area contributed by atoms with E-state index in [-0.39, 0.29) is 28.2 Å². The van der Waals surface area contributed by atoms with E-state index in [4.69, 9.17) is 0 Å². The van der Waals surface area contributed by atoms with Crippen molar-refractivity contribution in [2.45, 2.75) is 45.8 Å².